The van der Waals surface area contributed by atoms with Crippen LogP contribution in [-0.4, -0.2) is 98.4 Å². The van der Waals surface area contributed by atoms with Crippen LogP contribution in [0.2, 0.25) is 0 Å². The van der Waals surface area contributed by atoms with Crippen LogP contribution in [0.25, 0.3) is 0 Å². The number of hydrogen-bond acceptors (Lipinski definition) is 12. The molecule has 0 saturated heterocycles. The third-order valence-corrected chi connectivity index (χ3v) is 5.33. The average Bonchev–Trinajstić information content (AvgIpc) is 2.60. The largest absolute Gasteiger partial charge is 0.480 e. The molecule has 11 nitrogen and oxygen atoms in total. The van der Waals surface area contributed by atoms with Gasteiger partial charge in [-0.2, -0.15) is 0 Å². The topological polar surface area (TPSA) is 214 Å². The number of carbonyl (C=O) groups excluding carboxylic acids is 2. The van der Waals surface area contributed by atoms with Gasteiger partial charge in [-0.15, -0.1) is 0 Å². The molecule has 0 spiro atoms. The molecule has 0 aliphatic heterocycles. The molecule has 0 aromatic rings. The summed E-state index contributed by atoms with van der Waals surface area (Å²) >= 11 is 0. The number of carboxylic acids is 1. The molecule has 0 heterocycles. The number of esters is 1. The lowest BCUT2D eigenvalue weighted by Gasteiger charge is -2.26. The van der Waals surface area contributed by atoms with Crippen molar-refractivity contribution < 1.29 is 44.7 Å². The van der Waals surface area contributed by atoms with E-state index in [-0.39, 0.29) is 17.8 Å². The quantitative estimate of drug-likeness (QED) is 0.0684. The average molecular weight is 402 g/mol. The van der Waals surface area contributed by atoms with Gasteiger partial charge in [-0.25, -0.2) is 0 Å². The van der Waals surface area contributed by atoms with E-state index in [1.165, 1.54) is 0 Å². The van der Waals surface area contributed by atoms with E-state index in [1.807, 2.05) is 0 Å². The van der Waals surface area contributed by atoms with Crippen LogP contribution in [0, 0.1) is 0 Å². The summed E-state index contributed by atoms with van der Waals surface area (Å²) in [4.78, 5) is 33.2. The molecular formula is C12H22N2O9S2. The molecule has 0 aromatic carbocycles. The van der Waals surface area contributed by atoms with Gasteiger partial charge in [0.05, 0.1) is 6.61 Å². The van der Waals surface area contributed by atoms with Gasteiger partial charge >= 0.3 is 11.9 Å². The third-order valence-electron chi connectivity index (χ3n) is 2.85. The maximum atomic E-state index is 11.8. The Morgan fingerprint density at radius 1 is 1.04 bits per heavy atom. The van der Waals surface area contributed by atoms with Crippen molar-refractivity contribution in [3.63, 3.8) is 0 Å². The fraction of sp³-hybridized carbons (Fsp3) is 0.750. The second-order valence-electron chi connectivity index (χ2n) is 4.89. The molecule has 0 fully saturated rings. The SMILES string of the molecule is NC(CSSC[C@H](N)C(=O)O[C@@H](C=O)[C@@H](O)[C@H](O)[C@H](O)CO)C(=O)O. The lowest BCUT2D eigenvalue weighted by Crippen LogP contribution is -2.49. The van der Waals surface area contributed by atoms with Crippen molar-refractivity contribution in [1.29, 1.82) is 0 Å². The molecule has 13 heteroatoms. The number of ether oxygens (including phenoxy) is 1. The minimum Gasteiger partial charge on any atom is -0.480 e. The monoisotopic (exact) mass is 402 g/mol. The first kappa shape index (κ1) is 24.1. The maximum absolute atomic E-state index is 11.8. The molecule has 0 radical (unpaired) electrons. The van der Waals surface area contributed by atoms with Crippen molar-refractivity contribution in [3.05, 3.63) is 0 Å². The zero-order valence-electron chi connectivity index (χ0n) is 13.0. The Hall–Kier alpha value is -0.930. The van der Waals surface area contributed by atoms with Crippen LogP contribution in [-0.2, 0) is 19.1 Å². The number of aldehydes is 1. The van der Waals surface area contributed by atoms with Gasteiger partial charge in [-0.05, 0) is 0 Å². The van der Waals surface area contributed by atoms with Crippen molar-refractivity contribution in [2.75, 3.05) is 18.1 Å². The number of carbonyl (C=O) groups is 3. The zero-order chi connectivity index (χ0) is 19.6. The van der Waals surface area contributed by atoms with Crippen molar-refractivity contribution in [1.82, 2.24) is 0 Å². The number of hydrogen-bond donors (Lipinski definition) is 7. The molecule has 6 atom stereocenters. The number of aliphatic hydroxyl groups is 4. The van der Waals surface area contributed by atoms with Gasteiger partial charge in [0.2, 0.25) is 0 Å². The van der Waals surface area contributed by atoms with Gasteiger partial charge in [0.1, 0.15) is 30.4 Å². The van der Waals surface area contributed by atoms with E-state index in [9.17, 15) is 29.7 Å². The predicted octanol–water partition coefficient (Wildman–Crippen LogP) is -3.71. The van der Waals surface area contributed by atoms with Crippen molar-refractivity contribution in [3.8, 4) is 0 Å². The summed E-state index contributed by atoms with van der Waals surface area (Å²) < 4.78 is 4.68. The summed E-state index contributed by atoms with van der Waals surface area (Å²) in [5.41, 5.74) is 10.8. The number of rotatable bonds is 13. The van der Waals surface area contributed by atoms with Crippen LogP contribution in [0.1, 0.15) is 0 Å². The van der Waals surface area contributed by atoms with Crippen LogP contribution >= 0.6 is 21.6 Å². The van der Waals surface area contributed by atoms with E-state index in [1.54, 1.807) is 0 Å². The third kappa shape index (κ3) is 8.82. The lowest BCUT2D eigenvalue weighted by atomic mass is 10.0. The zero-order valence-corrected chi connectivity index (χ0v) is 14.6. The number of aliphatic hydroxyl groups excluding tert-OH is 4. The molecule has 0 rings (SSSR count). The highest BCUT2D eigenvalue weighted by Gasteiger charge is 2.34. The molecular weight excluding hydrogens is 380 g/mol. The molecule has 9 N–H and O–H groups in total. The maximum Gasteiger partial charge on any atom is 0.324 e. The van der Waals surface area contributed by atoms with E-state index in [0.717, 1.165) is 21.6 Å². The summed E-state index contributed by atoms with van der Waals surface area (Å²) in [5.74, 6) is -2.11. The van der Waals surface area contributed by atoms with E-state index < -0.39 is 55.0 Å². The molecule has 0 saturated carbocycles. The Bertz CT molecular complexity index is 443. The van der Waals surface area contributed by atoms with Crippen LogP contribution in [0.3, 0.4) is 0 Å². The number of nitrogens with two attached hydrogens (primary N) is 2. The summed E-state index contributed by atoms with van der Waals surface area (Å²) in [6.45, 7) is -0.871. The number of aliphatic carboxylic acids is 1. The molecule has 1 unspecified atom stereocenters. The Kier molecular flexibility index (Phi) is 12.0. The normalized spacial score (nSPS) is 18.5. The fourth-order valence-corrected chi connectivity index (χ4v) is 3.53. The van der Waals surface area contributed by atoms with Crippen LogP contribution in [0.4, 0.5) is 0 Å². The van der Waals surface area contributed by atoms with Gasteiger partial charge in [-0.1, -0.05) is 21.6 Å². The van der Waals surface area contributed by atoms with E-state index in [4.69, 9.17) is 21.7 Å². The Labute approximate surface area is 151 Å². The van der Waals surface area contributed by atoms with Gasteiger partial charge in [0, 0.05) is 11.5 Å². The second-order valence-corrected chi connectivity index (χ2v) is 7.44. The fourth-order valence-electron chi connectivity index (χ4n) is 1.31. The lowest BCUT2D eigenvalue weighted by molar-refractivity contribution is -0.168. The van der Waals surface area contributed by atoms with E-state index >= 15 is 0 Å². The summed E-state index contributed by atoms with van der Waals surface area (Å²) in [7, 11) is 2.15. The standard InChI is InChI=1S/C12H22N2O9S2/c13-5(11(20)21)3-24-25-4-6(14)12(22)23-8(2-16)10(19)9(18)7(17)1-15/h2,5-10,15,17-19H,1,3-4,13-14H2,(H,20,21)/t5?,6-,7+,8-,9+,10+/m0/s1. The smallest absolute Gasteiger partial charge is 0.324 e. The van der Waals surface area contributed by atoms with Crippen molar-refractivity contribution in [2.24, 2.45) is 11.5 Å². The Morgan fingerprint density at radius 2 is 1.56 bits per heavy atom. The highest BCUT2D eigenvalue weighted by Crippen LogP contribution is 2.22. The van der Waals surface area contributed by atoms with Crippen molar-refractivity contribution >= 4 is 39.8 Å². The van der Waals surface area contributed by atoms with Crippen LogP contribution in [0.5, 0.6) is 0 Å². The minimum absolute atomic E-state index is 0.0132. The summed E-state index contributed by atoms with van der Waals surface area (Å²) in [6, 6.07) is -2.25. The first-order chi connectivity index (χ1) is 11.6. The predicted molar refractivity (Wildman–Crippen MR) is 89.6 cm³/mol. The van der Waals surface area contributed by atoms with Gasteiger partial charge < -0.3 is 41.7 Å². The van der Waals surface area contributed by atoms with Gasteiger partial charge in [0.15, 0.2) is 12.4 Å². The first-order valence-electron chi connectivity index (χ1n) is 6.94. The molecule has 0 bridgehead atoms. The highest BCUT2D eigenvalue weighted by molar-refractivity contribution is 8.76. The van der Waals surface area contributed by atoms with Gasteiger partial charge in [-0.3, -0.25) is 14.4 Å². The van der Waals surface area contributed by atoms with Crippen LogP contribution < -0.4 is 11.5 Å². The Balaban J connectivity index is 4.38. The molecule has 0 amide bonds. The highest BCUT2D eigenvalue weighted by atomic mass is 33.1. The molecule has 25 heavy (non-hydrogen) atoms. The minimum atomic E-state index is -1.95. The summed E-state index contributed by atoms with van der Waals surface area (Å²) in [6.07, 6.45) is -7.32. The van der Waals surface area contributed by atoms with Crippen LogP contribution in [0.15, 0.2) is 0 Å². The first-order valence-corrected chi connectivity index (χ1v) is 9.43. The summed E-state index contributed by atoms with van der Waals surface area (Å²) in [5, 5.41) is 45.7. The molecule has 0 aliphatic carbocycles. The number of carboxylic acid groups (broad SMARTS) is 1. The Morgan fingerprint density at radius 3 is 2.00 bits per heavy atom. The molecule has 0 aliphatic rings. The van der Waals surface area contributed by atoms with Crippen molar-refractivity contribution in [2.45, 2.75) is 36.5 Å². The van der Waals surface area contributed by atoms with Gasteiger partial charge in [0.25, 0.3) is 0 Å². The molecule has 146 valence electrons. The molecule has 0 aromatic heterocycles. The van der Waals surface area contributed by atoms with E-state index in [2.05, 4.69) is 4.74 Å². The van der Waals surface area contributed by atoms with E-state index in [0.29, 0.717) is 0 Å². The second kappa shape index (κ2) is 12.4.